The van der Waals surface area contributed by atoms with Crippen molar-refractivity contribution in [3.05, 3.63) is 95.6 Å². The average Bonchev–Trinajstić information content (AvgIpc) is 3.31. The predicted molar refractivity (Wildman–Crippen MR) is 121 cm³/mol. The first kappa shape index (κ1) is 20.6. The molecule has 3 N–H and O–H groups in total. The zero-order chi connectivity index (χ0) is 21.8. The van der Waals surface area contributed by atoms with Crippen LogP contribution in [0.2, 0.25) is 5.02 Å². The van der Waals surface area contributed by atoms with Gasteiger partial charge in [0, 0.05) is 17.4 Å². The molecule has 31 heavy (non-hydrogen) atoms. The molecule has 0 bridgehead atoms. The average molecular weight is 453 g/mol. The van der Waals surface area contributed by atoms with Crippen molar-refractivity contribution < 1.29 is 13.2 Å². The van der Waals surface area contributed by atoms with Crippen LogP contribution in [0.5, 0.6) is 0 Å². The first-order chi connectivity index (χ1) is 14.9. The van der Waals surface area contributed by atoms with E-state index >= 15 is 0 Å². The van der Waals surface area contributed by atoms with Gasteiger partial charge in [0.25, 0.3) is 15.9 Å². The molecule has 0 aliphatic rings. The SMILES string of the molecule is O=C(Nc1ccc(-c2ccn[nH]2)cc1)c1ccc(S(=O)(=O)Nc2ccccc2Cl)cc1. The number of nitrogens with zero attached hydrogens (tertiary/aromatic N) is 1. The molecule has 0 saturated carbocycles. The summed E-state index contributed by atoms with van der Waals surface area (Å²) in [5.41, 5.74) is 3.04. The van der Waals surface area contributed by atoms with Crippen molar-refractivity contribution in [3.8, 4) is 11.3 Å². The summed E-state index contributed by atoms with van der Waals surface area (Å²) in [7, 11) is -3.84. The number of anilines is 2. The number of amides is 1. The molecule has 0 saturated heterocycles. The van der Waals surface area contributed by atoms with Crippen LogP contribution in [0.15, 0.2) is 90.0 Å². The minimum atomic E-state index is -3.84. The molecule has 0 aliphatic heterocycles. The number of aromatic nitrogens is 2. The topological polar surface area (TPSA) is 104 Å². The molecule has 9 heteroatoms. The number of carbonyl (C=O) groups is 1. The summed E-state index contributed by atoms with van der Waals surface area (Å²) in [5.74, 6) is -0.350. The van der Waals surface area contributed by atoms with E-state index in [4.69, 9.17) is 11.6 Å². The van der Waals surface area contributed by atoms with Crippen LogP contribution in [0.3, 0.4) is 0 Å². The Morgan fingerprint density at radius 2 is 1.61 bits per heavy atom. The van der Waals surface area contributed by atoms with E-state index in [1.54, 1.807) is 42.6 Å². The quantitative estimate of drug-likeness (QED) is 0.391. The number of rotatable bonds is 6. The third-order valence-electron chi connectivity index (χ3n) is 4.50. The highest BCUT2D eigenvalue weighted by Gasteiger charge is 2.16. The molecule has 1 amide bonds. The van der Waals surface area contributed by atoms with Gasteiger partial charge in [0.05, 0.1) is 21.3 Å². The molecule has 0 radical (unpaired) electrons. The van der Waals surface area contributed by atoms with Gasteiger partial charge in [-0.25, -0.2) is 8.42 Å². The van der Waals surface area contributed by atoms with Crippen LogP contribution in [0.1, 0.15) is 10.4 Å². The molecule has 4 aromatic rings. The number of benzene rings is 3. The van der Waals surface area contributed by atoms with Crippen LogP contribution in [0.25, 0.3) is 11.3 Å². The number of hydrogen-bond donors (Lipinski definition) is 3. The summed E-state index contributed by atoms with van der Waals surface area (Å²) < 4.78 is 27.6. The number of hydrogen-bond acceptors (Lipinski definition) is 4. The number of nitrogens with one attached hydrogen (secondary N) is 3. The molecule has 3 aromatic carbocycles. The van der Waals surface area contributed by atoms with Gasteiger partial charge in [0.2, 0.25) is 0 Å². The molecule has 0 atom stereocenters. The normalized spacial score (nSPS) is 11.1. The molecule has 156 valence electrons. The van der Waals surface area contributed by atoms with Gasteiger partial charge in [-0.1, -0.05) is 35.9 Å². The fourth-order valence-electron chi connectivity index (χ4n) is 2.89. The zero-order valence-electron chi connectivity index (χ0n) is 16.0. The molecule has 0 fully saturated rings. The molecule has 0 aliphatic carbocycles. The van der Waals surface area contributed by atoms with Gasteiger partial charge in [-0.3, -0.25) is 14.6 Å². The van der Waals surface area contributed by atoms with E-state index < -0.39 is 10.0 Å². The van der Waals surface area contributed by atoms with E-state index in [0.717, 1.165) is 11.3 Å². The fraction of sp³-hybridized carbons (Fsp3) is 0. The van der Waals surface area contributed by atoms with Crippen molar-refractivity contribution in [2.24, 2.45) is 0 Å². The Labute approximate surface area is 184 Å². The monoisotopic (exact) mass is 452 g/mol. The Morgan fingerprint density at radius 3 is 2.26 bits per heavy atom. The first-order valence-corrected chi connectivity index (χ1v) is 11.1. The summed E-state index contributed by atoms with van der Waals surface area (Å²) in [6.45, 7) is 0. The highest BCUT2D eigenvalue weighted by atomic mass is 35.5. The van der Waals surface area contributed by atoms with E-state index in [1.165, 1.54) is 24.3 Å². The zero-order valence-corrected chi connectivity index (χ0v) is 17.6. The van der Waals surface area contributed by atoms with Crippen LogP contribution in [-0.4, -0.2) is 24.5 Å². The smallest absolute Gasteiger partial charge is 0.261 e. The first-order valence-electron chi connectivity index (χ1n) is 9.21. The van der Waals surface area contributed by atoms with E-state index in [9.17, 15) is 13.2 Å². The third kappa shape index (κ3) is 4.76. The highest BCUT2D eigenvalue weighted by Crippen LogP contribution is 2.24. The maximum atomic E-state index is 12.6. The molecule has 4 rings (SSSR count). The summed E-state index contributed by atoms with van der Waals surface area (Å²) in [6, 6.07) is 21.3. The van der Waals surface area contributed by atoms with Gasteiger partial charge in [-0.05, 0) is 60.2 Å². The standard InChI is InChI=1S/C22H17ClN4O3S/c23-19-3-1-2-4-21(19)27-31(29,30)18-11-7-16(8-12-18)22(28)25-17-9-5-15(6-10-17)20-13-14-24-26-20/h1-14,27H,(H,24,26)(H,25,28). The number of para-hydroxylation sites is 1. The van der Waals surface area contributed by atoms with Gasteiger partial charge < -0.3 is 5.32 Å². The Hall–Kier alpha value is -3.62. The largest absolute Gasteiger partial charge is 0.322 e. The second-order valence-corrected chi connectivity index (χ2v) is 8.70. The minimum absolute atomic E-state index is 0.0212. The van der Waals surface area contributed by atoms with Crippen molar-refractivity contribution >= 4 is 38.9 Å². The second-order valence-electron chi connectivity index (χ2n) is 6.61. The van der Waals surface area contributed by atoms with Crippen molar-refractivity contribution in [2.75, 3.05) is 10.0 Å². The molecular weight excluding hydrogens is 436 g/mol. The summed E-state index contributed by atoms with van der Waals surface area (Å²) in [5, 5.41) is 9.87. The van der Waals surface area contributed by atoms with Crippen LogP contribution in [0, 0.1) is 0 Å². The molecule has 7 nitrogen and oxygen atoms in total. The number of halogens is 1. The van der Waals surface area contributed by atoms with Crippen molar-refractivity contribution in [1.29, 1.82) is 0 Å². The van der Waals surface area contributed by atoms with Crippen LogP contribution < -0.4 is 10.0 Å². The van der Waals surface area contributed by atoms with Gasteiger partial charge in [0.1, 0.15) is 0 Å². The van der Waals surface area contributed by atoms with Crippen molar-refractivity contribution in [3.63, 3.8) is 0 Å². The van der Waals surface area contributed by atoms with E-state index in [1.807, 2.05) is 18.2 Å². The Morgan fingerprint density at radius 1 is 0.903 bits per heavy atom. The summed E-state index contributed by atoms with van der Waals surface area (Å²) in [6.07, 6.45) is 1.67. The number of aromatic amines is 1. The summed E-state index contributed by atoms with van der Waals surface area (Å²) in [4.78, 5) is 12.5. The lowest BCUT2D eigenvalue weighted by molar-refractivity contribution is 0.102. The van der Waals surface area contributed by atoms with Gasteiger partial charge >= 0.3 is 0 Å². The molecular formula is C22H17ClN4O3S. The Kier molecular flexibility index (Phi) is 5.75. The van der Waals surface area contributed by atoms with Crippen molar-refractivity contribution in [1.82, 2.24) is 10.2 Å². The summed E-state index contributed by atoms with van der Waals surface area (Å²) >= 11 is 6.02. The maximum Gasteiger partial charge on any atom is 0.261 e. The number of carbonyl (C=O) groups excluding carboxylic acids is 1. The van der Waals surface area contributed by atoms with Gasteiger partial charge in [-0.15, -0.1) is 0 Å². The minimum Gasteiger partial charge on any atom is -0.322 e. The molecule has 0 unspecified atom stereocenters. The molecule has 1 heterocycles. The van der Waals surface area contributed by atoms with Crippen molar-refractivity contribution in [2.45, 2.75) is 4.90 Å². The highest BCUT2D eigenvalue weighted by molar-refractivity contribution is 7.92. The van der Waals surface area contributed by atoms with E-state index in [2.05, 4.69) is 20.2 Å². The van der Waals surface area contributed by atoms with Crippen LogP contribution >= 0.6 is 11.6 Å². The third-order valence-corrected chi connectivity index (χ3v) is 6.21. The Bertz CT molecular complexity index is 1300. The molecule has 1 aromatic heterocycles. The van der Waals surface area contributed by atoms with Gasteiger partial charge in [-0.2, -0.15) is 5.10 Å². The Balaban J connectivity index is 1.45. The number of sulfonamides is 1. The van der Waals surface area contributed by atoms with Crippen LogP contribution in [-0.2, 0) is 10.0 Å². The van der Waals surface area contributed by atoms with Crippen LogP contribution in [0.4, 0.5) is 11.4 Å². The van der Waals surface area contributed by atoms with E-state index in [-0.39, 0.29) is 16.5 Å². The lowest BCUT2D eigenvalue weighted by atomic mass is 10.1. The van der Waals surface area contributed by atoms with Gasteiger partial charge in [0.15, 0.2) is 0 Å². The number of H-pyrrole nitrogens is 1. The molecule has 0 spiro atoms. The lowest BCUT2D eigenvalue weighted by Gasteiger charge is -2.10. The maximum absolute atomic E-state index is 12.6. The second kappa shape index (κ2) is 8.63. The predicted octanol–water partition coefficient (Wildman–Crippen LogP) is 4.78. The fourth-order valence-corrected chi connectivity index (χ4v) is 4.20. The lowest BCUT2D eigenvalue weighted by Crippen LogP contribution is -2.15. The van der Waals surface area contributed by atoms with E-state index in [0.29, 0.717) is 16.3 Å².